The molecule has 0 aliphatic carbocycles. The van der Waals surface area contributed by atoms with Gasteiger partial charge < -0.3 is 4.74 Å². The van der Waals surface area contributed by atoms with Gasteiger partial charge in [0.05, 0.1) is 0 Å². The smallest absolute Gasteiger partial charge is 0.412 e. The van der Waals surface area contributed by atoms with Crippen molar-refractivity contribution in [3.63, 3.8) is 0 Å². The van der Waals surface area contributed by atoms with E-state index in [0.717, 1.165) is 5.56 Å². The van der Waals surface area contributed by atoms with E-state index < -0.39 is 11.7 Å². The van der Waals surface area contributed by atoms with Gasteiger partial charge in [0.1, 0.15) is 11.4 Å². The average molecular weight is 345 g/mol. The van der Waals surface area contributed by atoms with Crippen LogP contribution < -0.4 is 10.6 Å². The van der Waals surface area contributed by atoms with Crippen LogP contribution in [0.15, 0.2) is 18.2 Å². The molecule has 8 heteroatoms. The van der Waals surface area contributed by atoms with Crippen LogP contribution in [-0.4, -0.2) is 32.8 Å². The third-order valence-electron chi connectivity index (χ3n) is 3.22. The molecular formula is C17H23N5O3. The fourth-order valence-electron chi connectivity index (χ4n) is 2.04. The van der Waals surface area contributed by atoms with Crippen molar-refractivity contribution in [3.05, 3.63) is 35.2 Å². The number of anilines is 2. The number of nitrogens with one attached hydrogen (secondary N) is 3. The molecule has 134 valence electrons. The van der Waals surface area contributed by atoms with Crippen molar-refractivity contribution in [2.75, 3.05) is 10.6 Å². The molecule has 0 bridgehead atoms. The lowest BCUT2D eigenvalue weighted by Gasteiger charge is -2.20. The molecule has 0 saturated heterocycles. The Balaban J connectivity index is 2.12. The van der Waals surface area contributed by atoms with Crippen molar-refractivity contribution >= 4 is 23.6 Å². The van der Waals surface area contributed by atoms with Crippen LogP contribution in [0.2, 0.25) is 0 Å². The molecule has 2 amide bonds. The predicted octanol–water partition coefficient (Wildman–Crippen LogP) is 3.27. The van der Waals surface area contributed by atoms with Crippen molar-refractivity contribution in [2.45, 2.75) is 46.6 Å². The Kier molecular flexibility index (Phi) is 5.41. The second-order valence-corrected chi connectivity index (χ2v) is 6.57. The molecule has 0 unspecified atom stereocenters. The van der Waals surface area contributed by atoms with E-state index in [9.17, 15) is 9.59 Å². The van der Waals surface area contributed by atoms with Crippen molar-refractivity contribution < 1.29 is 14.3 Å². The minimum atomic E-state index is -0.600. The van der Waals surface area contributed by atoms with Gasteiger partial charge in [-0.15, -0.1) is 5.10 Å². The van der Waals surface area contributed by atoms with Crippen LogP contribution in [0.5, 0.6) is 0 Å². The third kappa shape index (κ3) is 5.30. The predicted molar refractivity (Wildman–Crippen MR) is 94.7 cm³/mol. The fourth-order valence-corrected chi connectivity index (χ4v) is 2.04. The van der Waals surface area contributed by atoms with Crippen LogP contribution in [-0.2, 0) is 11.2 Å². The summed E-state index contributed by atoms with van der Waals surface area (Å²) in [6.07, 6.45) is 0.112. The molecule has 3 N–H and O–H groups in total. The van der Waals surface area contributed by atoms with Gasteiger partial charge in [-0.05, 0) is 45.4 Å². The highest BCUT2D eigenvalue weighted by molar-refractivity contribution is 6.05. The number of benzene rings is 1. The highest BCUT2D eigenvalue weighted by Gasteiger charge is 2.17. The Morgan fingerprint density at radius 1 is 1.24 bits per heavy atom. The van der Waals surface area contributed by atoms with E-state index in [1.807, 2.05) is 13.8 Å². The number of nitrogens with zero attached hydrogens (tertiary/aromatic N) is 2. The van der Waals surface area contributed by atoms with Crippen molar-refractivity contribution in [2.24, 2.45) is 0 Å². The molecule has 1 aromatic heterocycles. The van der Waals surface area contributed by atoms with Crippen LogP contribution in [0.4, 0.5) is 16.4 Å². The molecule has 25 heavy (non-hydrogen) atoms. The van der Waals surface area contributed by atoms with E-state index in [0.29, 0.717) is 23.5 Å². The second-order valence-electron chi connectivity index (χ2n) is 6.57. The number of hydrogen-bond acceptors (Lipinski definition) is 5. The molecular weight excluding hydrogens is 322 g/mol. The molecule has 0 saturated carbocycles. The van der Waals surface area contributed by atoms with Gasteiger partial charge in [-0.2, -0.15) is 4.98 Å². The quantitative estimate of drug-likeness (QED) is 0.788. The minimum absolute atomic E-state index is 0.215. The third-order valence-corrected chi connectivity index (χ3v) is 3.22. The molecule has 1 aromatic carbocycles. The monoisotopic (exact) mass is 345 g/mol. The number of rotatable bonds is 4. The number of aromatic nitrogens is 3. The number of amides is 2. The van der Waals surface area contributed by atoms with Crippen LogP contribution >= 0.6 is 0 Å². The largest absolute Gasteiger partial charge is 0.444 e. The normalized spacial score (nSPS) is 11.1. The zero-order valence-electron chi connectivity index (χ0n) is 15.1. The van der Waals surface area contributed by atoms with Crippen LogP contribution in [0, 0.1) is 6.92 Å². The maximum absolute atomic E-state index is 12.5. The lowest BCUT2D eigenvalue weighted by atomic mass is 10.1. The Bertz CT molecular complexity index is 777. The first-order chi connectivity index (χ1) is 11.7. The van der Waals surface area contributed by atoms with Gasteiger partial charge in [-0.3, -0.25) is 20.5 Å². The molecule has 0 aliphatic heterocycles. The molecule has 0 fully saturated rings. The Labute approximate surface area is 146 Å². The lowest BCUT2D eigenvalue weighted by molar-refractivity contribution is 0.0635. The van der Waals surface area contributed by atoms with E-state index in [1.54, 1.807) is 39.0 Å². The molecule has 8 nitrogen and oxygen atoms in total. The molecule has 0 aliphatic rings. The lowest BCUT2D eigenvalue weighted by Crippen LogP contribution is -2.27. The number of carbonyl (C=O) groups is 2. The van der Waals surface area contributed by atoms with Gasteiger partial charge in [-0.1, -0.05) is 13.0 Å². The van der Waals surface area contributed by atoms with Crippen LogP contribution in [0.1, 0.15) is 49.4 Å². The van der Waals surface area contributed by atoms with E-state index in [4.69, 9.17) is 4.74 Å². The van der Waals surface area contributed by atoms with Crippen LogP contribution in [0.25, 0.3) is 0 Å². The van der Waals surface area contributed by atoms with Crippen molar-refractivity contribution in [1.29, 1.82) is 0 Å². The van der Waals surface area contributed by atoms with Crippen LogP contribution in [0.3, 0.4) is 0 Å². The maximum Gasteiger partial charge on any atom is 0.412 e. The summed E-state index contributed by atoms with van der Waals surface area (Å²) in [5.41, 5.74) is 1.04. The molecule has 0 spiro atoms. The maximum atomic E-state index is 12.5. The van der Waals surface area contributed by atoms with Gasteiger partial charge in [-0.25, -0.2) is 4.79 Å². The zero-order valence-corrected chi connectivity index (χ0v) is 15.1. The average Bonchev–Trinajstić information content (AvgIpc) is 2.94. The highest BCUT2D eigenvalue weighted by atomic mass is 16.6. The van der Waals surface area contributed by atoms with Gasteiger partial charge >= 0.3 is 6.09 Å². The van der Waals surface area contributed by atoms with Crippen molar-refractivity contribution in [1.82, 2.24) is 15.2 Å². The first-order valence-electron chi connectivity index (χ1n) is 8.01. The summed E-state index contributed by atoms with van der Waals surface area (Å²) in [6.45, 7) is 9.08. The summed E-state index contributed by atoms with van der Waals surface area (Å²) in [6, 6.07) is 5.04. The summed E-state index contributed by atoms with van der Waals surface area (Å²) < 4.78 is 5.21. The minimum Gasteiger partial charge on any atom is -0.444 e. The van der Waals surface area contributed by atoms with Gasteiger partial charge in [0.15, 0.2) is 0 Å². The number of H-pyrrole nitrogens is 1. The first-order valence-corrected chi connectivity index (χ1v) is 8.01. The summed E-state index contributed by atoms with van der Waals surface area (Å²) in [5.74, 6) is 0.547. The summed E-state index contributed by atoms with van der Waals surface area (Å²) in [4.78, 5) is 28.5. The van der Waals surface area contributed by atoms with E-state index in [1.165, 1.54) is 0 Å². The van der Waals surface area contributed by atoms with Gasteiger partial charge in [0.2, 0.25) is 5.95 Å². The topological polar surface area (TPSA) is 109 Å². The first kappa shape index (κ1) is 18.4. The SMILES string of the molecule is CCc1nc(NC(=O)c2cc(NC(=O)OC(C)(C)C)ccc2C)n[nH]1. The Morgan fingerprint density at radius 2 is 1.96 bits per heavy atom. The van der Waals surface area contributed by atoms with E-state index in [-0.39, 0.29) is 11.9 Å². The summed E-state index contributed by atoms with van der Waals surface area (Å²) in [7, 11) is 0. The Hall–Kier alpha value is -2.90. The zero-order chi connectivity index (χ0) is 18.6. The molecule has 2 aromatic rings. The number of aryl methyl sites for hydroxylation is 2. The number of hydrogen-bond donors (Lipinski definition) is 3. The standard InChI is InChI=1S/C17H23N5O3/c1-6-13-19-15(22-21-13)20-14(23)12-9-11(8-7-10(12)2)18-16(24)25-17(3,4)5/h7-9H,6H2,1-5H3,(H,18,24)(H2,19,20,21,22,23). The molecule has 0 radical (unpaired) electrons. The van der Waals surface area contributed by atoms with Gasteiger partial charge in [0, 0.05) is 17.7 Å². The summed E-state index contributed by atoms with van der Waals surface area (Å²) in [5, 5.41) is 11.9. The van der Waals surface area contributed by atoms with Crippen molar-refractivity contribution in [3.8, 4) is 0 Å². The number of carbonyl (C=O) groups excluding carboxylic acids is 2. The number of aromatic amines is 1. The van der Waals surface area contributed by atoms with E-state index in [2.05, 4.69) is 25.8 Å². The molecule has 0 atom stereocenters. The van der Waals surface area contributed by atoms with E-state index >= 15 is 0 Å². The Morgan fingerprint density at radius 3 is 2.56 bits per heavy atom. The summed E-state index contributed by atoms with van der Waals surface area (Å²) >= 11 is 0. The van der Waals surface area contributed by atoms with Gasteiger partial charge in [0.25, 0.3) is 5.91 Å². The highest BCUT2D eigenvalue weighted by Crippen LogP contribution is 2.18. The molecule has 2 rings (SSSR count). The second kappa shape index (κ2) is 7.33. The fraction of sp³-hybridized carbons (Fsp3) is 0.412. The number of ether oxygens (including phenoxy) is 1. The molecule has 1 heterocycles.